The average Bonchev–Trinajstić information content (AvgIpc) is 3.38. The molecule has 72 heavy (non-hydrogen) atoms. The Kier molecular flexibility index (Phi) is 58.7. The maximum Gasteiger partial charge on any atom is 0.306 e. The molecule has 0 aromatic heterocycles. The Hall–Kier alpha value is -2.63. The lowest BCUT2D eigenvalue weighted by molar-refractivity contribution is -0.167. The Morgan fingerprint density at radius 3 is 0.806 bits per heavy atom. The highest BCUT2D eigenvalue weighted by molar-refractivity contribution is 5.71. The van der Waals surface area contributed by atoms with Gasteiger partial charge in [-0.25, -0.2) is 0 Å². The highest BCUT2D eigenvalue weighted by atomic mass is 16.6. The predicted octanol–water partition coefficient (Wildman–Crippen LogP) is 21.4. The van der Waals surface area contributed by atoms with Gasteiger partial charge in [-0.15, -0.1) is 0 Å². The van der Waals surface area contributed by atoms with Crippen molar-refractivity contribution in [2.24, 2.45) is 0 Å². The van der Waals surface area contributed by atoms with Crippen LogP contribution in [0, 0.1) is 0 Å². The lowest BCUT2D eigenvalue weighted by Crippen LogP contribution is -2.30. The van der Waals surface area contributed by atoms with Crippen molar-refractivity contribution in [1.82, 2.24) is 0 Å². The molecule has 0 aromatic rings. The van der Waals surface area contributed by atoms with Crippen LogP contribution >= 0.6 is 0 Å². The van der Waals surface area contributed by atoms with Crippen molar-refractivity contribution in [2.45, 2.75) is 341 Å². The number of hydrogen-bond donors (Lipinski definition) is 0. The molecule has 0 amide bonds. The van der Waals surface area contributed by atoms with Crippen molar-refractivity contribution in [1.29, 1.82) is 0 Å². The third-order valence-electron chi connectivity index (χ3n) is 14.1. The molecule has 0 rings (SSSR count). The molecule has 6 nitrogen and oxygen atoms in total. The van der Waals surface area contributed by atoms with E-state index in [2.05, 4.69) is 69.4 Å². The summed E-state index contributed by atoms with van der Waals surface area (Å²) in [5.74, 6) is -0.874. The maximum absolute atomic E-state index is 12.9. The molecule has 0 spiro atoms. The summed E-state index contributed by atoms with van der Waals surface area (Å²) in [5, 5.41) is 0. The summed E-state index contributed by atoms with van der Waals surface area (Å²) in [4.78, 5) is 38.3. The van der Waals surface area contributed by atoms with Gasteiger partial charge in [0.1, 0.15) is 13.2 Å². The molecule has 0 N–H and O–H groups in total. The predicted molar refractivity (Wildman–Crippen MR) is 312 cm³/mol. The summed E-state index contributed by atoms with van der Waals surface area (Å²) in [6.45, 7) is 6.64. The molecule has 0 saturated carbocycles. The van der Waals surface area contributed by atoms with Gasteiger partial charge < -0.3 is 14.2 Å². The first kappa shape index (κ1) is 69.4. The molecule has 0 fully saturated rings. The lowest BCUT2D eigenvalue weighted by Gasteiger charge is -2.18. The molecule has 0 aliphatic carbocycles. The molecule has 6 heteroatoms. The highest BCUT2D eigenvalue weighted by Crippen LogP contribution is 2.17. The first-order chi connectivity index (χ1) is 35.5. The normalized spacial score (nSPS) is 12.3. The van der Waals surface area contributed by atoms with Crippen LogP contribution in [0.4, 0.5) is 0 Å². The number of unbranched alkanes of at least 4 members (excludes halogenated alkanes) is 39. The van der Waals surface area contributed by atoms with Crippen LogP contribution in [0.3, 0.4) is 0 Å². The summed E-state index contributed by atoms with van der Waals surface area (Å²) in [5.41, 5.74) is 0. The van der Waals surface area contributed by atoms with E-state index in [1.54, 1.807) is 0 Å². The fraction of sp³-hybridized carbons (Fsp3) is 0.833. The first-order valence-corrected chi connectivity index (χ1v) is 31.6. The zero-order valence-electron chi connectivity index (χ0n) is 48.2. The molecule has 0 bridgehead atoms. The van der Waals surface area contributed by atoms with E-state index >= 15 is 0 Å². The van der Waals surface area contributed by atoms with E-state index in [-0.39, 0.29) is 31.1 Å². The fourth-order valence-electron chi connectivity index (χ4n) is 9.27. The van der Waals surface area contributed by atoms with Crippen LogP contribution in [0.1, 0.15) is 335 Å². The molecule has 0 aromatic carbocycles. The number of carbonyl (C=O) groups excluding carboxylic acids is 3. The van der Waals surface area contributed by atoms with Crippen LogP contribution in [-0.2, 0) is 28.6 Å². The summed E-state index contributed by atoms with van der Waals surface area (Å²) >= 11 is 0. The molecule has 0 aliphatic rings. The van der Waals surface area contributed by atoms with E-state index in [4.69, 9.17) is 14.2 Å². The molecule has 0 heterocycles. The third kappa shape index (κ3) is 58.3. The number of hydrogen-bond acceptors (Lipinski definition) is 6. The van der Waals surface area contributed by atoms with Gasteiger partial charge in [0.05, 0.1) is 0 Å². The number of allylic oxidation sites excluding steroid dienone is 8. The minimum atomic E-state index is -0.781. The Bertz CT molecular complexity index is 1250. The summed E-state index contributed by atoms with van der Waals surface area (Å²) < 4.78 is 16.9. The smallest absolute Gasteiger partial charge is 0.306 e. The van der Waals surface area contributed by atoms with Crippen LogP contribution in [0.5, 0.6) is 0 Å². The van der Waals surface area contributed by atoms with Crippen molar-refractivity contribution < 1.29 is 28.6 Å². The second kappa shape index (κ2) is 60.9. The number of esters is 3. The first-order valence-electron chi connectivity index (χ1n) is 31.6. The second-order valence-corrected chi connectivity index (χ2v) is 21.3. The van der Waals surface area contributed by atoms with Gasteiger partial charge in [0.25, 0.3) is 0 Å². The zero-order valence-corrected chi connectivity index (χ0v) is 48.2. The van der Waals surface area contributed by atoms with Crippen LogP contribution in [0.15, 0.2) is 48.6 Å². The van der Waals surface area contributed by atoms with Gasteiger partial charge in [0, 0.05) is 19.3 Å². The summed E-state index contributed by atoms with van der Waals surface area (Å²) in [6, 6.07) is 0. The van der Waals surface area contributed by atoms with E-state index in [9.17, 15) is 14.4 Å². The van der Waals surface area contributed by atoms with E-state index in [1.165, 1.54) is 205 Å². The van der Waals surface area contributed by atoms with Crippen LogP contribution in [0.25, 0.3) is 0 Å². The van der Waals surface area contributed by atoms with Crippen molar-refractivity contribution in [2.75, 3.05) is 13.2 Å². The highest BCUT2D eigenvalue weighted by Gasteiger charge is 2.19. The summed E-state index contributed by atoms with van der Waals surface area (Å²) in [6.07, 6.45) is 75.3. The van der Waals surface area contributed by atoms with Gasteiger partial charge in [-0.05, 0) is 83.5 Å². The standard InChI is InChI=1S/C66H120O6/c1-4-7-10-13-16-19-22-25-28-31-33-35-38-40-43-46-49-52-55-58-64(67)70-61-63(72-66(69)60-57-54-51-48-45-42-37-30-27-24-21-18-15-12-9-6-3)62-71-65(68)59-56-53-50-47-44-41-39-36-34-32-29-26-23-20-17-14-11-8-5-2/h16,19,21,24-25,28,30,37,63H,4-15,17-18,20,22-23,26-27,29,31-36,38-62H2,1-3H3/b19-16-,24-21-,28-25-,37-30-. The SMILES string of the molecule is CCCCC/C=C\C/C=C\CCCCCCCCCCCC(=O)OCC(COC(=O)CCCCCCCCCCCCCCCCCCCCC)OC(=O)CCCCCCC/C=C\C/C=C\CCCCCC. The van der Waals surface area contributed by atoms with E-state index < -0.39 is 6.10 Å². The van der Waals surface area contributed by atoms with Gasteiger partial charge >= 0.3 is 17.9 Å². The van der Waals surface area contributed by atoms with Crippen molar-refractivity contribution in [3.05, 3.63) is 48.6 Å². The Morgan fingerprint density at radius 2 is 0.500 bits per heavy atom. The van der Waals surface area contributed by atoms with Gasteiger partial charge in [0.2, 0.25) is 0 Å². The van der Waals surface area contributed by atoms with Crippen molar-refractivity contribution in [3.63, 3.8) is 0 Å². The van der Waals surface area contributed by atoms with Crippen LogP contribution < -0.4 is 0 Å². The van der Waals surface area contributed by atoms with E-state index in [1.807, 2.05) is 0 Å². The molecule has 0 radical (unpaired) electrons. The molecule has 1 atom stereocenters. The minimum absolute atomic E-state index is 0.0766. The number of rotatable bonds is 58. The molecule has 0 saturated heterocycles. The molecular formula is C66H120O6. The van der Waals surface area contributed by atoms with Crippen molar-refractivity contribution >= 4 is 17.9 Å². The largest absolute Gasteiger partial charge is 0.462 e. The fourth-order valence-corrected chi connectivity index (χ4v) is 9.27. The van der Waals surface area contributed by atoms with Gasteiger partial charge in [-0.1, -0.05) is 281 Å². The lowest BCUT2D eigenvalue weighted by atomic mass is 10.0. The Labute approximate surface area is 448 Å². The Balaban J connectivity index is 4.35. The average molecular weight is 1010 g/mol. The monoisotopic (exact) mass is 1010 g/mol. The van der Waals surface area contributed by atoms with Crippen LogP contribution in [-0.4, -0.2) is 37.2 Å². The topological polar surface area (TPSA) is 78.9 Å². The second-order valence-electron chi connectivity index (χ2n) is 21.3. The number of carbonyl (C=O) groups is 3. The molecule has 0 aliphatic heterocycles. The quantitative estimate of drug-likeness (QED) is 0.0261. The van der Waals surface area contributed by atoms with Gasteiger partial charge in [-0.2, -0.15) is 0 Å². The van der Waals surface area contributed by atoms with E-state index in [0.29, 0.717) is 19.3 Å². The summed E-state index contributed by atoms with van der Waals surface area (Å²) in [7, 11) is 0. The van der Waals surface area contributed by atoms with E-state index in [0.717, 1.165) is 89.9 Å². The molecule has 1 unspecified atom stereocenters. The number of ether oxygens (including phenoxy) is 3. The van der Waals surface area contributed by atoms with Gasteiger partial charge in [-0.3, -0.25) is 14.4 Å². The third-order valence-corrected chi connectivity index (χ3v) is 14.1. The minimum Gasteiger partial charge on any atom is -0.462 e. The van der Waals surface area contributed by atoms with Crippen LogP contribution in [0.2, 0.25) is 0 Å². The Morgan fingerprint density at radius 1 is 0.278 bits per heavy atom. The zero-order chi connectivity index (χ0) is 52.2. The van der Waals surface area contributed by atoms with Gasteiger partial charge in [0.15, 0.2) is 6.10 Å². The molecule has 420 valence electrons. The van der Waals surface area contributed by atoms with Crippen molar-refractivity contribution in [3.8, 4) is 0 Å². The molecular weight excluding hydrogens is 889 g/mol. The maximum atomic E-state index is 12.9.